The van der Waals surface area contributed by atoms with Gasteiger partial charge in [-0.25, -0.2) is 0 Å². The Labute approximate surface area is 217 Å². The van der Waals surface area contributed by atoms with Gasteiger partial charge in [-0.2, -0.15) is 0 Å². The van der Waals surface area contributed by atoms with Gasteiger partial charge >= 0.3 is 0 Å². The van der Waals surface area contributed by atoms with E-state index in [-0.39, 0.29) is 16.2 Å². The molecule has 0 bridgehead atoms. The molecule has 3 aliphatic carbocycles. The van der Waals surface area contributed by atoms with Gasteiger partial charge in [0.1, 0.15) is 0 Å². The van der Waals surface area contributed by atoms with Gasteiger partial charge < -0.3 is 5.11 Å². The summed E-state index contributed by atoms with van der Waals surface area (Å²) in [5.74, 6) is 1.86. The Hall–Kier alpha value is -1.34. The topological polar surface area (TPSA) is 20.2 Å². The zero-order valence-corrected chi connectivity index (χ0v) is 24.2. The monoisotopic (exact) mass is 478 g/mol. The van der Waals surface area contributed by atoms with Gasteiger partial charge in [-0.05, 0) is 103 Å². The van der Waals surface area contributed by atoms with Crippen molar-refractivity contribution in [1.82, 2.24) is 0 Å². The van der Waals surface area contributed by atoms with Crippen LogP contribution >= 0.6 is 0 Å². The largest absolute Gasteiger partial charge is 0.386 e. The molecule has 3 rings (SSSR count). The van der Waals surface area contributed by atoms with Crippen LogP contribution in [0.2, 0.25) is 0 Å². The minimum Gasteiger partial charge on any atom is -0.386 e. The number of aliphatic hydroxyl groups is 1. The maximum absolute atomic E-state index is 10.6. The van der Waals surface area contributed by atoms with Gasteiger partial charge in [-0.1, -0.05) is 104 Å². The summed E-state index contributed by atoms with van der Waals surface area (Å²) in [7, 11) is 0. The van der Waals surface area contributed by atoms with Gasteiger partial charge in [0.05, 0.1) is 5.60 Å². The normalized spacial score (nSPS) is 39.7. The highest BCUT2D eigenvalue weighted by molar-refractivity contribution is 5.39. The first-order valence-electron chi connectivity index (χ1n) is 14.5. The standard InChI is InChI=1S/C34H54O/c1-10-34(35,11-2)20-13-12-15-27(5)31(7)21-22-32(8)30(16-14-19-33(31,32)9)18-17-29-24-25(3)23-26(4)28(29)6/h12-13,15,17-18,20,25-27,35H,6,10-11,14,16,19,21-24H2,1-5,7-9H3/b15-12+,20-13+,29-17-,30-18+/t25-,26-,27+,31-,32-,33+/m0/s1. The summed E-state index contributed by atoms with van der Waals surface area (Å²) >= 11 is 0. The molecule has 3 saturated carbocycles. The second kappa shape index (κ2) is 10.6. The summed E-state index contributed by atoms with van der Waals surface area (Å²) in [5, 5.41) is 10.6. The van der Waals surface area contributed by atoms with E-state index >= 15 is 0 Å². The second-order valence-electron chi connectivity index (χ2n) is 13.1. The van der Waals surface area contributed by atoms with E-state index in [1.165, 1.54) is 56.1 Å². The van der Waals surface area contributed by atoms with Gasteiger partial charge in [0.15, 0.2) is 0 Å². The Bertz CT molecular complexity index is 896. The molecule has 0 amide bonds. The number of allylic oxidation sites excluding steroid dienone is 8. The Balaban J connectivity index is 1.85. The molecule has 1 N–H and O–H groups in total. The summed E-state index contributed by atoms with van der Waals surface area (Å²) in [6.07, 6.45) is 24.0. The molecular formula is C34H54O. The van der Waals surface area contributed by atoms with Crippen molar-refractivity contribution >= 4 is 0 Å². The molecule has 35 heavy (non-hydrogen) atoms. The summed E-state index contributed by atoms with van der Waals surface area (Å²) in [5.41, 5.74) is 4.66. The Morgan fingerprint density at radius 1 is 1.06 bits per heavy atom. The number of hydrogen-bond donors (Lipinski definition) is 1. The number of hydrogen-bond acceptors (Lipinski definition) is 1. The summed E-state index contributed by atoms with van der Waals surface area (Å²) in [4.78, 5) is 0. The van der Waals surface area contributed by atoms with E-state index in [1.807, 2.05) is 6.08 Å². The molecule has 0 spiro atoms. The minimum absolute atomic E-state index is 0.257. The molecule has 1 nitrogen and oxygen atoms in total. The number of fused-ring (bicyclic) bond motifs is 1. The maximum atomic E-state index is 10.6. The van der Waals surface area contributed by atoms with Gasteiger partial charge in [0.2, 0.25) is 0 Å². The quantitative estimate of drug-likeness (QED) is 0.361. The van der Waals surface area contributed by atoms with E-state index in [1.54, 1.807) is 5.57 Å². The molecule has 0 aromatic carbocycles. The molecule has 0 unspecified atom stereocenters. The van der Waals surface area contributed by atoms with Crippen molar-refractivity contribution < 1.29 is 5.11 Å². The highest BCUT2D eigenvalue weighted by Crippen LogP contribution is 2.72. The fourth-order valence-electron chi connectivity index (χ4n) is 7.87. The fraction of sp³-hybridized carbons (Fsp3) is 0.706. The molecule has 3 fully saturated rings. The van der Waals surface area contributed by atoms with Crippen LogP contribution in [0.1, 0.15) is 113 Å². The van der Waals surface area contributed by atoms with E-state index in [2.05, 4.69) is 92.3 Å². The third-order valence-corrected chi connectivity index (χ3v) is 11.4. The highest BCUT2D eigenvalue weighted by Gasteiger charge is 2.63. The molecule has 196 valence electrons. The van der Waals surface area contributed by atoms with Crippen molar-refractivity contribution in [2.24, 2.45) is 34.0 Å². The molecule has 0 radical (unpaired) electrons. The van der Waals surface area contributed by atoms with Crippen LogP contribution in [-0.2, 0) is 0 Å². The third kappa shape index (κ3) is 5.09. The lowest BCUT2D eigenvalue weighted by molar-refractivity contribution is -0.0219. The van der Waals surface area contributed by atoms with Crippen molar-refractivity contribution in [2.45, 2.75) is 119 Å². The maximum Gasteiger partial charge on any atom is 0.0825 e. The fourth-order valence-corrected chi connectivity index (χ4v) is 7.87. The van der Waals surface area contributed by atoms with Gasteiger partial charge in [0.25, 0.3) is 0 Å². The van der Waals surface area contributed by atoms with Crippen LogP contribution in [0.4, 0.5) is 0 Å². The van der Waals surface area contributed by atoms with Crippen LogP contribution < -0.4 is 0 Å². The predicted molar refractivity (Wildman–Crippen MR) is 153 cm³/mol. The minimum atomic E-state index is -0.674. The van der Waals surface area contributed by atoms with Gasteiger partial charge in [0, 0.05) is 0 Å². The van der Waals surface area contributed by atoms with Crippen LogP contribution in [0, 0.1) is 34.0 Å². The Kier molecular flexibility index (Phi) is 8.52. The number of rotatable bonds is 7. The smallest absolute Gasteiger partial charge is 0.0825 e. The van der Waals surface area contributed by atoms with E-state index in [4.69, 9.17) is 0 Å². The second-order valence-corrected chi connectivity index (χ2v) is 13.1. The van der Waals surface area contributed by atoms with Crippen LogP contribution in [-0.4, -0.2) is 10.7 Å². The molecule has 0 aromatic rings. The Morgan fingerprint density at radius 2 is 1.74 bits per heavy atom. The SMILES string of the molecule is C=C1/C(=C\C=C2/CCC[C@@]3(C)[C@@]2(C)CC[C@@]3(C)[C@H](C)/C=C/C=C/C(O)(CC)CC)C[C@@H](C)C[C@@H]1C. The molecule has 0 aromatic heterocycles. The lowest BCUT2D eigenvalue weighted by atomic mass is 9.48. The average Bonchev–Trinajstić information content (AvgIpc) is 3.05. The van der Waals surface area contributed by atoms with Crippen LogP contribution in [0.15, 0.2) is 59.8 Å². The summed E-state index contributed by atoms with van der Waals surface area (Å²) in [6.45, 7) is 23.4. The summed E-state index contributed by atoms with van der Waals surface area (Å²) < 4.78 is 0. The molecule has 1 heteroatoms. The lowest BCUT2D eigenvalue weighted by Crippen LogP contribution is -2.48. The molecule has 0 saturated heterocycles. The zero-order valence-electron chi connectivity index (χ0n) is 24.2. The van der Waals surface area contributed by atoms with Crippen LogP contribution in [0.25, 0.3) is 0 Å². The van der Waals surface area contributed by atoms with Crippen molar-refractivity contribution in [3.63, 3.8) is 0 Å². The van der Waals surface area contributed by atoms with Gasteiger partial charge in [-0.15, -0.1) is 0 Å². The summed E-state index contributed by atoms with van der Waals surface area (Å²) in [6, 6.07) is 0. The third-order valence-electron chi connectivity index (χ3n) is 11.4. The van der Waals surface area contributed by atoms with Crippen molar-refractivity contribution in [3.05, 3.63) is 59.8 Å². The van der Waals surface area contributed by atoms with Crippen LogP contribution in [0.5, 0.6) is 0 Å². The van der Waals surface area contributed by atoms with Crippen molar-refractivity contribution in [1.29, 1.82) is 0 Å². The first-order valence-corrected chi connectivity index (χ1v) is 14.5. The molecule has 3 aliphatic rings. The van der Waals surface area contributed by atoms with Gasteiger partial charge in [-0.3, -0.25) is 0 Å². The zero-order chi connectivity index (χ0) is 26.1. The van der Waals surface area contributed by atoms with Crippen molar-refractivity contribution in [3.8, 4) is 0 Å². The van der Waals surface area contributed by atoms with E-state index in [0.717, 1.165) is 18.8 Å². The highest BCUT2D eigenvalue weighted by atomic mass is 16.3. The van der Waals surface area contributed by atoms with Crippen LogP contribution in [0.3, 0.4) is 0 Å². The van der Waals surface area contributed by atoms with Crippen molar-refractivity contribution in [2.75, 3.05) is 0 Å². The molecule has 0 aliphatic heterocycles. The van der Waals surface area contributed by atoms with E-state index in [0.29, 0.717) is 11.8 Å². The van der Waals surface area contributed by atoms with E-state index in [9.17, 15) is 5.11 Å². The first-order chi connectivity index (χ1) is 16.4. The average molecular weight is 479 g/mol. The lowest BCUT2D eigenvalue weighted by Gasteiger charge is -2.56. The molecular weight excluding hydrogens is 424 g/mol. The van der Waals surface area contributed by atoms with E-state index < -0.39 is 5.60 Å². The first kappa shape index (κ1) is 28.2. The predicted octanol–water partition coefficient (Wildman–Crippen LogP) is 9.76. The Morgan fingerprint density at radius 3 is 2.40 bits per heavy atom. The molecule has 0 heterocycles. The molecule has 6 atom stereocenters.